The maximum absolute atomic E-state index is 7.00. The number of aliphatic hydroxyl groups is 1. The van der Waals surface area contributed by atoms with E-state index in [1.807, 2.05) is 0 Å². The highest BCUT2D eigenvalue weighted by atomic mass is 28.4. The van der Waals surface area contributed by atoms with Crippen molar-refractivity contribution < 1.29 is 9.22 Å². The highest BCUT2D eigenvalue weighted by Gasteiger charge is 2.10. The molecule has 0 fully saturated rings. The number of rotatable bonds is 2. The Kier molecular flexibility index (Phi) is 8.68. The normalized spacial score (nSPS) is 11.3. The second-order valence-electron chi connectivity index (χ2n) is 2.55. The Hall–Kier alpha value is 0.354. The lowest BCUT2D eigenvalue weighted by atomic mass is 11.8. The van der Waals surface area contributed by atoms with E-state index in [1.165, 1.54) is 0 Å². The lowest BCUT2D eigenvalue weighted by Gasteiger charge is -2.14. The van der Waals surface area contributed by atoms with Crippen LogP contribution >= 0.6 is 0 Å². The van der Waals surface area contributed by atoms with Gasteiger partial charge in [0.2, 0.25) is 0 Å². The van der Waals surface area contributed by atoms with Crippen molar-refractivity contribution in [3.05, 3.63) is 0 Å². The van der Waals surface area contributed by atoms with Crippen LogP contribution in [0.4, 0.5) is 0 Å². The molecule has 2 nitrogen and oxygen atoms in total. The summed E-state index contributed by atoms with van der Waals surface area (Å²) in [6.07, 6.45) is 0. The van der Waals surface area contributed by atoms with Crippen molar-refractivity contribution in [2.75, 3.05) is 7.11 Å². The standard InChI is InChI=1S/C4H14OSi2.CH4O/c1-6-5-7(2,3)4;1-2/h6H2,1-4H3;2H,1H3. The summed E-state index contributed by atoms with van der Waals surface area (Å²) in [6.45, 7) is 8.86. The molecule has 0 aromatic rings. The molecule has 58 valence electrons. The first-order valence-electron chi connectivity index (χ1n) is 3.15. The van der Waals surface area contributed by atoms with Crippen LogP contribution in [0.1, 0.15) is 0 Å². The smallest absolute Gasteiger partial charge is 0.169 e. The van der Waals surface area contributed by atoms with Crippen LogP contribution in [0.5, 0.6) is 0 Å². The average Bonchev–Trinajstić information content (AvgIpc) is 1.69. The van der Waals surface area contributed by atoms with Gasteiger partial charge in [-0.25, -0.2) is 0 Å². The summed E-state index contributed by atoms with van der Waals surface area (Å²) >= 11 is 0. The quantitative estimate of drug-likeness (QED) is 0.608. The van der Waals surface area contributed by atoms with Gasteiger partial charge in [0.1, 0.15) is 9.76 Å². The van der Waals surface area contributed by atoms with Crippen LogP contribution in [0.25, 0.3) is 0 Å². The van der Waals surface area contributed by atoms with Gasteiger partial charge < -0.3 is 9.22 Å². The first-order valence-corrected chi connectivity index (χ1v) is 8.55. The topological polar surface area (TPSA) is 29.5 Å². The van der Waals surface area contributed by atoms with E-state index in [9.17, 15) is 0 Å². The SMILES string of the molecule is CO.C[SiH2]O[Si](C)(C)C. The highest BCUT2D eigenvalue weighted by Crippen LogP contribution is 1.99. The van der Waals surface area contributed by atoms with E-state index in [2.05, 4.69) is 26.2 Å². The first-order chi connectivity index (χ1) is 4.06. The van der Waals surface area contributed by atoms with Gasteiger partial charge in [-0.1, -0.05) is 6.55 Å². The van der Waals surface area contributed by atoms with Crippen molar-refractivity contribution in [1.29, 1.82) is 0 Å². The zero-order valence-electron chi connectivity index (χ0n) is 7.06. The Morgan fingerprint density at radius 1 is 1.22 bits per heavy atom. The second-order valence-corrected chi connectivity index (χ2v) is 8.50. The van der Waals surface area contributed by atoms with Crippen molar-refractivity contribution in [2.24, 2.45) is 0 Å². The molecule has 0 aromatic carbocycles. The summed E-state index contributed by atoms with van der Waals surface area (Å²) in [6, 6.07) is 0. The monoisotopic (exact) mass is 166 g/mol. The van der Waals surface area contributed by atoms with E-state index in [0.29, 0.717) is 0 Å². The summed E-state index contributed by atoms with van der Waals surface area (Å²) in [4.78, 5) is 0. The van der Waals surface area contributed by atoms with E-state index >= 15 is 0 Å². The predicted octanol–water partition coefficient (Wildman–Crippen LogP) is 0.578. The van der Waals surface area contributed by atoms with Crippen LogP contribution in [-0.2, 0) is 4.12 Å². The van der Waals surface area contributed by atoms with Crippen molar-refractivity contribution >= 4 is 18.1 Å². The van der Waals surface area contributed by atoms with E-state index in [1.54, 1.807) is 0 Å². The fourth-order valence-corrected chi connectivity index (χ4v) is 3.90. The lowest BCUT2D eigenvalue weighted by Crippen LogP contribution is -2.26. The van der Waals surface area contributed by atoms with Crippen molar-refractivity contribution in [1.82, 2.24) is 0 Å². The van der Waals surface area contributed by atoms with Gasteiger partial charge in [-0.3, -0.25) is 0 Å². The predicted molar refractivity (Wildman–Crippen MR) is 47.0 cm³/mol. The summed E-state index contributed by atoms with van der Waals surface area (Å²) < 4.78 is 5.51. The van der Waals surface area contributed by atoms with Gasteiger partial charge in [-0.15, -0.1) is 0 Å². The molecule has 0 unspecified atom stereocenters. The third-order valence-corrected chi connectivity index (χ3v) is 5.20. The second kappa shape index (κ2) is 6.47. The molecule has 0 saturated carbocycles. The molecule has 0 aliphatic carbocycles. The Bertz CT molecular complexity index is 51.4. The van der Waals surface area contributed by atoms with Gasteiger partial charge in [0, 0.05) is 7.11 Å². The first kappa shape index (κ1) is 12.1. The molecule has 0 aromatic heterocycles. The fourth-order valence-electron chi connectivity index (χ4n) is 0.433. The average molecular weight is 166 g/mol. The third kappa shape index (κ3) is 17.8. The Balaban J connectivity index is 0. The fraction of sp³-hybridized carbons (Fsp3) is 1.00. The summed E-state index contributed by atoms with van der Waals surface area (Å²) in [5.41, 5.74) is 0. The molecular formula is C5H18O2Si2. The van der Waals surface area contributed by atoms with Gasteiger partial charge in [0.05, 0.1) is 0 Å². The highest BCUT2D eigenvalue weighted by molar-refractivity contribution is 6.73. The number of hydrogen-bond donors (Lipinski definition) is 1. The maximum atomic E-state index is 7.00. The molecule has 4 heteroatoms. The van der Waals surface area contributed by atoms with Crippen LogP contribution in [0.15, 0.2) is 0 Å². The van der Waals surface area contributed by atoms with Crippen LogP contribution < -0.4 is 0 Å². The van der Waals surface area contributed by atoms with Crippen LogP contribution in [0, 0.1) is 0 Å². The minimum Gasteiger partial charge on any atom is -0.461 e. The molecule has 0 saturated heterocycles. The van der Waals surface area contributed by atoms with Gasteiger partial charge in [-0.2, -0.15) is 0 Å². The van der Waals surface area contributed by atoms with Crippen LogP contribution in [0.2, 0.25) is 26.2 Å². The Labute approximate surface area is 61.3 Å². The van der Waals surface area contributed by atoms with Crippen LogP contribution in [0.3, 0.4) is 0 Å². The van der Waals surface area contributed by atoms with Crippen molar-refractivity contribution in [3.8, 4) is 0 Å². The lowest BCUT2D eigenvalue weighted by molar-refractivity contribution is 0.399. The molecule has 0 aliphatic rings. The molecule has 0 atom stereocenters. The zero-order chi connectivity index (χ0) is 7.91. The van der Waals surface area contributed by atoms with E-state index in [4.69, 9.17) is 9.22 Å². The molecule has 0 bridgehead atoms. The molecule has 0 heterocycles. The van der Waals surface area contributed by atoms with Crippen molar-refractivity contribution in [3.63, 3.8) is 0 Å². The summed E-state index contributed by atoms with van der Waals surface area (Å²) in [5.74, 6) is 0. The molecule has 0 rings (SSSR count). The van der Waals surface area contributed by atoms with E-state index in [0.717, 1.165) is 7.11 Å². The molecule has 1 N–H and O–H groups in total. The zero-order valence-corrected chi connectivity index (χ0v) is 9.48. The molecule has 0 amide bonds. The molecule has 0 radical (unpaired) electrons. The van der Waals surface area contributed by atoms with E-state index in [-0.39, 0.29) is 9.76 Å². The minimum atomic E-state index is -1.10. The Morgan fingerprint density at radius 2 is 1.56 bits per heavy atom. The molecule has 9 heavy (non-hydrogen) atoms. The summed E-state index contributed by atoms with van der Waals surface area (Å²) in [5, 5.41) is 7.00. The number of hydrogen-bond acceptors (Lipinski definition) is 2. The van der Waals surface area contributed by atoms with E-state index < -0.39 is 8.32 Å². The van der Waals surface area contributed by atoms with Gasteiger partial charge >= 0.3 is 0 Å². The van der Waals surface area contributed by atoms with Gasteiger partial charge in [0.25, 0.3) is 0 Å². The summed E-state index contributed by atoms with van der Waals surface area (Å²) in [7, 11) is -0.224. The molecule has 0 aliphatic heterocycles. The third-order valence-electron chi connectivity index (χ3n) is 0.577. The minimum absolute atomic E-state index is 0.128. The van der Waals surface area contributed by atoms with Crippen molar-refractivity contribution in [2.45, 2.75) is 26.2 Å². The van der Waals surface area contributed by atoms with Gasteiger partial charge in [0.15, 0.2) is 8.32 Å². The molecular weight excluding hydrogens is 148 g/mol. The van der Waals surface area contributed by atoms with Crippen LogP contribution in [-0.4, -0.2) is 30.3 Å². The maximum Gasteiger partial charge on any atom is 0.169 e. The molecule has 0 spiro atoms. The Morgan fingerprint density at radius 3 is 1.56 bits per heavy atom. The van der Waals surface area contributed by atoms with Gasteiger partial charge in [-0.05, 0) is 19.6 Å². The largest absolute Gasteiger partial charge is 0.461 e. The number of aliphatic hydroxyl groups excluding tert-OH is 1.